The van der Waals surface area contributed by atoms with E-state index in [0.717, 1.165) is 0 Å². The molecule has 0 aromatic heterocycles. The average Bonchev–Trinajstić information content (AvgIpc) is 2.84. The van der Waals surface area contributed by atoms with Gasteiger partial charge in [0.25, 0.3) is 0 Å². The summed E-state index contributed by atoms with van der Waals surface area (Å²) in [6.07, 6.45) is -12.9. The first kappa shape index (κ1) is 29.9. The molecule has 0 radical (unpaired) electrons. The molecule has 38 heavy (non-hydrogen) atoms. The van der Waals surface area contributed by atoms with E-state index >= 15 is 0 Å². The molecule has 0 bridgehead atoms. The third-order valence-corrected chi connectivity index (χ3v) is 5.77. The third kappa shape index (κ3) is 7.91. The van der Waals surface area contributed by atoms with Crippen LogP contribution in [0.3, 0.4) is 0 Å². The van der Waals surface area contributed by atoms with Gasteiger partial charge in [-0.1, -0.05) is 24.0 Å². The summed E-state index contributed by atoms with van der Waals surface area (Å²) < 4.78 is 105. The molecule has 1 saturated heterocycles. The lowest BCUT2D eigenvalue weighted by Gasteiger charge is -2.41. The molecule has 12 heteroatoms. The highest BCUT2D eigenvalue weighted by atomic mass is 19.4. The maximum absolute atomic E-state index is 13.6. The molecular formula is C26H27F7N2O3. The highest BCUT2D eigenvalue weighted by Crippen LogP contribution is 2.39. The van der Waals surface area contributed by atoms with Crippen LogP contribution in [0.25, 0.3) is 0 Å². The number of rotatable bonds is 7. The van der Waals surface area contributed by atoms with Crippen LogP contribution in [0.1, 0.15) is 34.4 Å². The van der Waals surface area contributed by atoms with E-state index in [2.05, 4.69) is 11.8 Å². The van der Waals surface area contributed by atoms with Crippen molar-refractivity contribution in [2.45, 2.75) is 30.8 Å². The minimum Gasteiger partial charge on any atom is -0.393 e. The Hall–Kier alpha value is -2.69. The SMILES string of the molecule is CN(C)CC#CCN1CCO[C@H](O[C@H](CO)c2cc(C(F)(F)F)cc(C(F)(F)F)c2)[C@@H]1c1ccc(F)cc1. The Morgan fingerprint density at radius 3 is 2.16 bits per heavy atom. The molecule has 5 nitrogen and oxygen atoms in total. The number of halogens is 7. The maximum atomic E-state index is 13.6. The van der Waals surface area contributed by atoms with Crippen LogP contribution < -0.4 is 0 Å². The van der Waals surface area contributed by atoms with Crippen molar-refractivity contribution in [1.82, 2.24) is 9.80 Å². The molecule has 3 rings (SSSR count). The number of morpholine rings is 1. The number of benzene rings is 2. The van der Waals surface area contributed by atoms with Crippen molar-refractivity contribution in [2.24, 2.45) is 0 Å². The molecule has 2 aromatic carbocycles. The Morgan fingerprint density at radius 1 is 1.03 bits per heavy atom. The zero-order valence-corrected chi connectivity index (χ0v) is 20.6. The lowest BCUT2D eigenvalue weighted by molar-refractivity contribution is -0.235. The molecule has 208 valence electrons. The average molecular weight is 548 g/mol. The number of hydrogen-bond acceptors (Lipinski definition) is 5. The molecule has 0 unspecified atom stereocenters. The first-order valence-electron chi connectivity index (χ1n) is 11.6. The van der Waals surface area contributed by atoms with Crippen LogP contribution in [0.15, 0.2) is 42.5 Å². The quantitative estimate of drug-likeness (QED) is 0.395. The molecule has 1 heterocycles. The topological polar surface area (TPSA) is 45.2 Å². The minimum atomic E-state index is -5.06. The predicted octanol–water partition coefficient (Wildman–Crippen LogP) is 4.88. The zero-order chi connectivity index (χ0) is 28.1. The van der Waals surface area contributed by atoms with Crippen molar-refractivity contribution >= 4 is 0 Å². The molecule has 3 atom stereocenters. The van der Waals surface area contributed by atoms with Crippen molar-refractivity contribution in [3.63, 3.8) is 0 Å². The first-order chi connectivity index (χ1) is 17.8. The van der Waals surface area contributed by atoms with Gasteiger partial charge in [0.05, 0.1) is 43.5 Å². The third-order valence-electron chi connectivity index (χ3n) is 5.77. The van der Waals surface area contributed by atoms with Crippen LogP contribution in [0, 0.1) is 17.7 Å². The fourth-order valence-corrected chi connectivity index (χ4v) is 3.93. The van der Waals surface area contributed by atoms with Crippen LogP contribution in [-0.2, 0) is 21.8 Å². The van der Waals surface area contributed by atoms with Gasteiger partial charge in [0.2, 0.25) is 0 Å². The van der Waals surface area contributed by atoms with Crippen molar-refractivity contribution in [3.8, 4) is 11.8 Å². The van der Waals surface area contributed by atoms with Crippen molar-refractivity contribution in [1.29, 1.82) is 0 Å². The Labute approximate surface area is 215 Å². The fourth-order valence-electron chi connectivity index (χ4n) is 3.93. The highest BCUT2D eigenvalue weighted by molar-refractivity contribution is 5.35. The summed E-state index contributed by atoms with van der Waals surface area (Å²) in [7, 11) is 3.70. The van der Waals surface area contributed by atoms with E-state index in [0.29, 0.717) is 30.8 Å². The monoisotopic (exact) mass is 548 g/mol. The second-order valence-corrected chi connectivity index (χ2v) is 8.94. The van der Waals surface area contributed by atoms with Crippen LogP contribution in [0.4, 0.5) is 30.7 Å². The Morgan fingerprint density at radius 2 is 1.63 bits per heavy atom. The second kappa shape index (κ2) is 12.4. The Bertz CT molecular complexity index is 1090. The largest absolute Gasteiger partial charge is 0.416 e. The normalized spacial score (nSPS) is 19.8. The summed E-state index contributed by atoms with van der Waals surface area (Å²) in [5.41, 5.74) is -3.04. The van der Waals surface area contributed by atoms with Gasteiger partial charge in [-0.15, -0.1) is 0 Å². The summed E-state index contributed by atoms with van der Waals surface area (Å²) in [6.45, 7) is 0.313. The van der Waals surface area contributed by atoms with Gasteiger partial charge in [-0.05, 0) is 55.6 Å². The number of alkyl halides is 6. The standard InChI is InChI=1S/C26H27F7N2O3/c1-34(2)9-3-4-10-35-11-12-37-24(23(35)17-5-7-21(27)8-6-17)38-22(16-36)18-13-19(25(28,29)30)15-20(14-18)26(31,32)33/h5-8,13-15,22-24,36H,9-12,16H2,1-2H3/t22-,23+,24-/m1/s1. The van der Waals surface area contributed by atoms with Crippen molar-refractivity contribution < 1.29 is 45.3 Å². The number of nitrogens with zero attached hydrogens (tertiary/aromatic N) is 2. The van der Waals surface area contributed by atoms with E-state index in [1.54, 1.807) is 0 Å². The van der Waals surface area contributed by atoms with E-state index in [9.17, 15) is 35.8 Å². The van der Waals surface area contributed by atoms with Crippen molar-refractivity contribution in [2.75, 3.05) is 46.9 Å². The second-order valence-electron chi connectivity index (χ2n) is 8.94. The Balaban J connectivity index is 1.97. The van der Waals surface area contributed by atoms with Gasteiger partial charge in [-0.3, -0.25) is 9.80 Å². The number of aliphatic hydroxyl groups is 1. The molecule has 0 amide bonds. The predicted molar refractivity (Wildman–Crippen MR) is 124 cm³/mol. The molecule has 0 saturated carbocycles. The van der Waals surface area contributed by atoms with E-state index in [4.69, 9.17) is 9.47 Å². The summed E-state index contributed by atoms with van der Waals surface area (Å²) in [5, 5.41) is 9.95. The summed E-state index contributed by atoms with van der Waals surface area (Å²) in [4.78, 5) is 3.72. The van der Waals surface area contributed by atoms with Gasteiger partial charge in [0.15, 0.2) is 6.29 Å². The molecule has 1 aliphatic rings. The molecule has 1 fully saturated rings. The van der Waals surface area contributed by atoms with E-state index < -0.39 is 59.9 Å². The maximum Gasteiger partial charge on any atom is 0.416 e. The van der Waals surface area contributed by atoms with Crippen molar-refractivity contribution in [3.05, 3.63) is 70.5 Å². The molecule has 0 spiro atoms. The molecular weight excluding hydrogens is 521 g/mol. The smallest absolute Gasteiger partial charge is 0.393 e. The van der Waals surface area contributed by atoms with E-state index in [1.165, 1.54) is 24.3 Å². The van der Waals surface area contributed by atoms with E-state index in [-0.39, 0.29) is 19.2 Å². The summed E-state index contributed by atoms with van der Waals surface area (Å²) in [5.74, 6) is 5.50. The van der Waals surface area contributed by atoms with Gasteiger partial charge >= 0.3 is 12.4 Å². The lowest BCUT2D eigenvalue weighted by Crippen LogP contribution is -2.47. The highest BCUT2D eigenvalue weighted by Gasteiger charge is 2.39. The van der Waals surface area contributed by atoms with E-state index in [1.807, 2.05) is 23.9 Å². The van der Waals surface area contributed by atoms with Gasteiger partial charge < -0.3 is 14.6 Å². The van der Waals surface area contributed by atoms with Crippen LogP contribution in [-0.4, -0.2) is 68.1 Å². The zero-order valence-electron chi connectivity index (χ0n) is 20.6. The molecule has 0 aliphatic carbocycles. The first-order valence-corrected chi connectivity index (χ1v) is 11.6. The van der Waals surface area contributed by atoms with Gasteiger partial charge in [-0.25, -0.2) is 4.39 Å². The molecule has 1 N–H and O–H groups in total. The lowest BCUT2D eigenvalue weighted by atomic mass is 10.00. The van der Waals surface area contributed by atoms with Crippen LogP contribution in [0.2, 0.25) is 0 Å². The van der Waals surface area contributed by atoms with Gasteiger partial charge in [-0.2, -0.15) is 26.3 Å². The number of hydrogen-bond donors (Lipinski definition) is 1. The van der Waals surface area contributed by atoms with Gasteiger partial charge in [0, 0.05) is 6.54 Å². The molecule has 1 aliphatic heterocycles. The fraction of sp³-hybridized carbons (Fsp3) is 0.462. The summed E-state index contributed by atoms with van der Waals surface area (Å²) in [6, 6.07) is 5.67. The summed E-state index contributed by atoms with van der Waals surface area (Å²) >= 11 is 0. The van der Waals surface area contributed by atoms with Crippen LogP contribution in [0.5, 0.6) is 0 Å². The van der Waals surface area contributed by atoms with Gasteiger partial charge in [0.1, 0.15) is 11.9 Å². The van der Waals surface area contributed by atoms with Crippen LogP contribution >= 0.6 is 0 Å². The Kier molecular flexibility index (Phi) is 9.78. The minimum absolute atomic E-state index is 0.00446. The molecule has 2 aromatic rings. The number of ether oxygens (including phenoxy) is 2. The number of aliphatic hydroxyl groups excluding tert-OH is 1.